The monoisotopic (exact) mass is 483 g/mol. The Labute approximate surface area is 194 Å². The molecule has 1 N–H and O–H groups in total. The smallest absolute Gasteiger partial charge is 0.416 e. The molecule has 0 saturated carbocycles. The Morgan fingerprint density at radius 3 is 2.56 bits per heavy atom. The van der Waals surface area contributed by atoms with E-state index in [0.717, 1.165) is 37.3 Å². The number of thiophene rings is 1. The first-order chi connectivity index (χ1) is 15.3. The Kier molecular flexibility index (Phi) is 6.62. The number of halogens is 3. The number of alkyl halides is 3. The predicted octanol–water partition coefficient (Wildman–Crippen LogP) is 4.95. The van der Waals surface area contributed by atoms with E-state index in [-0.39, 0.29) is 5.97 Å². The van der Waals surface area contributed by atoms with Gasteiger partial charge in [-0.15, -0.1) is 11.3 Å². The van der Waals surface area contributed by atoms with Crippen LogP contribution in [0.25, 0.3) is 0 Å². The molecule has 1 aliphatic carbocycles. The molecule has 32 heavy (non-hydrogen) atoms. The molecule has 0 unspecified atom stereocenters. The molecule has 1 fully saturated rings. The molecule has 172 valence electrons. The van der Waals surface area contributed by atoms with Crippen LogP contribution in [0.2, 0.25) is 0 Å². The number of aryl methyl sites for hydroxylation is 1. The molecule has 0 amide bonds. The zero-order chi connectivity index (χ0) is 22.9. The largest absolute Gasteiger partial charge is 0.465 e. The van der Waals surface area contributed by atoms with Crippen LogP contribution in [-0.4, -0.2) is 49.3 Å². The number of thiocarbonyl (C=S) groups is 1. The average Bonchev–Trinajstić information content (AvgIpc) is 3.16. The van der Waals surface area contributed by atoms with Gasteiger partial charge in [-0.1, -0.05) is 6.07 Å². The van der Waals surface area contributed by atoms with Crippen LogP contribution in [-0.2, 0) is 23.8 Å². The van der Waals surface area contributed by atoms with Crippen LogP contribution < -0.4 is 10.2 Å². The highest BCUT2D eigenvalue weighted by Crippen LogP contribution is 2.39. The van der Waals surface area contributed by atoms with E-state index in [2.05, 4.69) is 5.32 Å². The van der Waals surface area contributed by atoms with Gasteiger partial charge in [0.25, 0.3) is 0 Å². The zero-order valence-corrected chi connectivity index (χ0v) is 19.3. The maximum atomic E-state index is 13.0. The number of hydrogen-bond acceptors (Lipinski definition) is 5. The van der Waals surface area contributed by atoms with E-state index in [1.165, 1.54) is 24.1 Å². The minimum absolute atomic E-state index is 0.357. The standard InChI is InChI=1S/C22H24F3N3O2S2/c1-30-20(29)18-16-7-2-3-8-17(16)32-19(18)26-21(31)28-11-9-27(10-12-28)15-6-4-5-14(13-15)22(23,24)25/h4-6,13H,2-3,7-12H2,1H3,(H,26,31). The van der Waals surface area contributed by atoms with Crippen molar-refractivity contribution in [1.29, 1.82) is 0 Å². The number of hydrogen-bond donors (Lipinski definition) is 1. The topological polar surface area (TPSA) is 44.8 Å². The summed E-state index contributed by atoms with van der Waals surface area (Å²) < 4.78 is 44.1. The molecule has 2 aromatic rings. The number of fused-ring (bicyclic) bond motifs is 1. The van der Waals surface area contributed by atoms with Gasteiger partial charge >= 0.3 is 12.1 Å². The third-order valence-electron chi connectivity index (χ3n) is 5.89. The molecule has 1 aromatic heterocycles. The van der Waals surface area contributed by atoms with Gasteiger partial charge in [-0.2, -0.15) is 13.2 Å². The summed E-state index contributed by atoms with van der Waals surface area (Å²) in [6, 6.07) is 5.40. The molecular formula is C22H24F3N3O2S2. The maximum absolute atomic E-state index is 13.0. The number of nitrogens with zero attached hydrogens (tertiary/aromatic N) is 2. The summed E-state index contributed by atoms with van der Waals surface area (Å²) in [5.41, 5.74) is 1.55. The SMILES string of the molecule is COC(=O)c1c(NC(=S)N2CCN(c3cccc(C(F)(F)F)c3)CC2)sc2c1CCCC2. The number of methoxy groups -OCH3 is 1. The van der Waals surface area contributed by atoms with Crippen LogP contribution in [0.1, 0.15) is 39.2 Å². The number of piperazine rings is 1. The number of esters is 1. The predicted molar refractivity (Wildman–Crippen MR) is 124 cm³/mol. The van der Waals surface area contributed by atoms with Crippen molar-refractivity contribution in [3.8, 4) is 0 Å². The Hall–Kier alpha value is -2.33. The van der Waals surface area contributed by atoms with Crippen LogP contribution >= 0.6 is 23.6 Å². The van der Waals surface area contributed by atoms with Crippen molar-refractivity contribution < 1.29 is 22.7 Å². The highest BCUT2D eigenvalue weighted by atomic mass is 32.1. The fraction of sp³-hybridized carbons (Fsp3) is 0.455. The maximum Gasteiger partial charge on any atom is 0.416 e. The summed E-state index contributed by atoms with van der Waals surface area (Å²) in [6.45, 7) is 2.24. The lowest BCUT2D eigenvalue weighted by Crippen LogP contribution is -2.50. The van der Waals surface area contributed by atoms with E-state index in [1.807, 2.05) is 9.80 Å². The highest BCUT2D eigenvalue weighted by Gasteiger charge is 2.31. The number of nitrogens with one attached hydrogen (secondary N) is 1. The van der Waals surface area contributed by atoms with Crippen LogP contribution in [0.15, 0.2) is 24.3 Å². The van der Waals surface area contributed by atoms with Gasteiger partial charge in [0.05, 0.1) is 18.2 Å². The lowest BCUT2D eigenvalue weighted by Gasteiger charge is -2.37. The van der Waals surface area contributed by atoms with E-state index in [0.29, 0.717) is 47.5 Å². The van der Waals surface area contributed by atoms with Crippen LogP contribution in [0.5, 0.6) is 0 Å². The Morgan fingerprint density at radius 1 is 1.16 bits per heavy atom. The van der Waals surface area contributed by atoms with Gasteiger partial charge in [-0.3, -0.25) is 0 Å². The summed E-state index contributed by atoms with van der Waals surface area (Å²) in [5, 5.41) is 4.47. The number of benzene rings is 1. The summed E-state index contributed by atoms with van der Waals surface area (Å²) in [5.74, 6) is -0.357. The molecule has 4 rings (SSSR count). The van der Waals surface area contributed by atoms with E-state index in [1.54, 1.807) is 17.4 Å². The fourth-order valence-electron chi connectivity index (χ4n) is 4.19. The molecule has 0 atom stereocenters. The number of ether oxygens (including phenoxy) is 1. The van der Waals surface area contributed by atoms with Gasteiger partial charge in [0.1, 0.15) is 5.00 Å². The fourth-order valence-corrected chi connectivity index (χ4v) is 5.82. The van der Waals surface area contributed by atoms with Crippen molar-refractivity contribution in [2.45, 2.75) is 31.9 Å². The van der Waals surface area contributed by atoms with E-state index in [4.69, 9.17) is 17.0 Å². The van der Waals surface area contributed by atoms with E-state index >= 15 is 0 Å². The normalized spacial score (nSPS) is 16.5. The molecule has 2 heterocycles. The summed E-state index contributed by atoms with van der Waals surface area (Å²) in [6.07, 6.45) is -0.389. The van der Waals surface area contributed by atoms with Gasteiger partial charge in [0, 0.05) is 36.7 Å². The highest BCUT2D eigenvalue weighted by molar-refractivity contribution is 7.80. The summed E-state index contributed by atoms with van der Waals surface area (Å²) in [7, 11) is 1.38. The summed E-state index contributed by atoms with van der Waals surface area (Å²) >= 11 is 7.16. The Bertz CT molecular complexity index is 1010. The Balaban J connectivity index is 1.43. The third kappa shape index (κ3) is 4.71. The Morgan fingerprint density at radius 2 is 1.88 bits per heavy atom. The van der Waals surface area contributed by atoms with Crippen molar-refractivity contribution >= 4 is 45.3 Å². The van der Waals surface area contributed by atoms with Gasteiger partial charge in [-0.05, 0) is 61.7 Å². The van der Waals surface area contributed by atoms with Gasteiger partial charge in [0.2, 0.25) is 0 Å². The molecule has 1 aliphatic heterocycles. The molecule has 1 aromatic carbocycles. The van der Waals surface area contributed by atoms with E-state index in [9.17, 15) is 18.0 Å². The molecule has 0 bridgehead atoms. The van der Waals surface area contributed by atoms with Crippen molar-refractivity contribution in [1.82, 2.24) is 4.90 Å². The quantitative estimate of drug-likeness (QED) is 0.492. The number of carbonyl (C=O) groups is 1. The van der Waals surface area contributed by atoms with Crippen LogP contribution in [0.3, 0.4) is 0 Å². The first-order valence-electron chi connectivity index (χ1n) is 10.5. The molecule has 5 nitrogen and oxygen atoms in total. The molecular weight excluding hydrogens is 459 g/mol. The minimum atomic E-state index is -4.36. The third-order valence-corrected chi connectivity index (χ3v) is 7.45. The van der Waals surface area contributed by atoms with Crippen molar-refractivity contribution in [2.24, 2.45) is 0 Å². The van der Waals surface area contributed by atoms with Gasteiger partial charge < -0.3 is 19.9 Å². The number of anilines is 2. The first kappa shape index (κ1) is 22.8. The molecule has 1 saturated heterocycles. The summed E-state index contributed by atoms with van der Waals surface area (Å²) in [4.78, 5) is 17.5. The van der Waals surface area contributed by atoms with Crippen LogP contribution in [0, 0.1) is 0 Å². The molecule has 0 radical (unpaired) electrons. The second kappa shape index (κ2) is 9.27. The molecule has 10 heteroatoms. The van der Waals surface area contributed by atoms with Crippen molar-refractivity contribution in [2.75, 3.05) is 43.5 Å². The zero-order valence-electron chi connectivity index (χ0n) is 17.6. The molecule has 2 aliphatic rings. The second-order valence-corrected chi connectivity index (χ2v) is 9.35. The lowest BCUT2D eigenvalue weighted by atomic mass is 9.95. The number of rotatable bonds is 3. The van der Waals surface area contributed by atoms with Crippen molar-refractivity contribution in [3.63, 3.8) is 0 Å². The molecule has 0 spiro atoms. The van der Waals surface area contributed by atoms with Gasteiger partial charge in [0.15, 0.2) is 5.11 Å². The first-order valence-corrected chi connectivity index (χ1v) is 11.7. The lowest BCUT2D eigenvalue weighted by molar-refractivity contribution is -0.137. The minimum Gasteiger partial charge on any atom is -0.465 e. The average molecular weight is 484 g/mol. The second-order valence-electron chi connectivity index (χ2n) is 7.86. The van der Waals surface area contributed by atoms with E-state index < -0.39 is 11.7 Å². The van der Waals surface area contributed by atoms with Crippen LogP contribution in [0.4, 0.5) is 23.9 Å². The van der Waals surface area contributed by atoms with Crippen molar-refractivity contribution in [3.05, 3.63) is 45.8 Å². The van der Waals surface area contributed by atoms with Gasteiger partial charge in [-0.25, -0.2) is 4.79 Å². The number of carbonyl (C=O) groups excluding carboxylic acids is 1.